The van der Waals surface area contributed by atoms with Crippen LogP contribution < -0.4 is 10.2 Å². The van der Waals surface area contributed by atoms with Crippen molar-refractivity contribution in [1.29, 1.82) is 0 Å². The van der Waals surface area contributed by atoms with Gasteiger partial charge in [0.2, 0.25) is 0 Å². The van der Waals surface area contributed by atoms with Crippen molar-refractivity contribution in [1.82, 2.24) is 9.55 Å². The highest BCUT2D eigenvalue weighted by Gasteiger charge is 2.58. The lowest BCUT2D eigenvalue weighted by atomic mass is 9.91. The predicted molar refractivity (Wildman–Crippen MR) is 130 cm³/mol. The average Bonchev–Trinajstić information content (AvgIpc) is 3.00. The number of nitrogens with one attached hydrogen (secondary N) is 1. The van der Waals surface area contributed by atoms with Gasteiger partial charge in [-0.1, -0.05) is 39.9 Å². The monoisotopic (exact) mass is 563 g/mol. The first-order valence-electron chi connectivity index (χ1n) is 12.0. The van der Waals surface area contributed by atoms with Crippen molar-refractivity contribution in [3.63, 3.8) is 0 Å². The third kappa shape index (κ3) is 5.06. The standard InChI is InChI=1S/C23H29F2N2O8PS/c1-10(2)13-6-14(11(3)4)18-15(16(13)24)8-32-36(31,35-18)33-9-23(25)19(29)17(28)21(34-23)27-7-12(5)20(37)26-22(27)30/h6-7,10-11,17,19,21,28-29H,8-9H2,1-5H3,(H,26,30,37)/t17-,19+,21-,23-,36?/m1/s1/i21D. The van der Waals surface area contributed by atoms with E-state index in [2.05, 4.69) is 4.98 Å². The van der Waals surface area contributed by atoms with Crippen molar-refractivity contribution < 1.29 is 43.2 Å². The number of benzene rings is 1. The van der Waals surface area contributed by atoms with Gasteiger partial charge in [0.05, 0.1) is 13.5 Å². The van der Waals surface area contributed by atoms with E-state index in [0.717, 1.165) is 6.20 Å². The lowest BCUT2D eigenvalue weighted by Gasteiger charge is -2.31. The third-order valence-electron chi connectivity index (χ3n) is 6.22. The molecule has 204 valence electrons. The number of hydrogen-bond acceptors (Lipinski definition) is 9. The summed E-state index contributed by atoms with van der Waals surface area (Å²) in [6.07, 6.45) is -6.45. The summed E-state index contributed by atoms with van der Waals surface area (Å²) in [4.78, 5) is 14.6. The number of hydrogen-bond donors (Lipinski definition) is 3. The lowest BCUT2D eigenvalue weighted by molar-refractivity contribution is -0.205. The molecular formula is C23H29F2N2O8PS. The maximum Gasteiger partial charge on any atom is 0.530 e. The molecule has 1 fully saturated rings. The van der Waals surface area contributed by atoms with E-state index < -0.39 is 56.8 Å². The maximum absolute atomic E-state index is 15.8. The fraction of sp³-hybridized carbons (Fsp3) is 0.565. The molecule has 10 nitrogen and oxygen atoms in total. The molecule has 2 aliphatic rings. The number of H-pyrrole nitrogens is 1. The molecule has 3 heterocycles. The highest BCUT2D eigenvalue weighted by Crippen LogP contribution is 2.58. The zero-order chi connectivity index (χ0) is 28.4. The van der Waals surface area contributed by atoms with Gasteiger partial charge in [-0.05, 0) is 36.0 Å². The quantitative estimate of drug-likeness (QED) is 0.349. The van der Waals surface area contributed by atoms with Gasteiger partial charge in [-0.15, -0.1) is 0 Å². The summed E-state index contributed by atoms with van der Waals surface area (Å²) < 4.78 is 74.0. The van der Waals surface area contributed by atoms with Gasteiger partial charge in [-0.25, -0.2) is 18.1 Å². The average molecular weight is 564 g/mol. The number of nitrogens with zero attached hydrogens (tertiary/aromatic N) is 1. The van der Waals surface area contributed by atoms with E-state index in [1.807, 2.05) is 27.7 Å². The zero-order valence-corrected chi connectivity index (χ0v) is 22.5. The van der Waals surface area contributed by atoms with E-state index in [4.69, 9.17) is 31.9 Å². The molecule has 5 atom stereocenters. The number of aromatic nitrogens is 2. The summed E-state index contributed by atoms with van der Waals surface area (Å²) in [5, 5.41) is 20.9. The van der Waals surface area contributed by atoms with Crippen molar-refractivity contribution in [2.45, 2.75) is 77.3 Å². The van der Waals surface area contributed by atoms with Crippen LogP contribution in [0.4, 0.5) is 8.78 Å². The summed E-state index contributed by atoms with van der Waals surface area (Å²) in [6.45, 7) is 6.98. The SMILES string of the molecule is [2H][C@@]1(n2cc(C)c(=S)[nH]c2=O)O[C@](F)(COP2(=O)OCc3c(F)c(C(C)C)cc(C(C)C)c3O2)[C@@H](O)[C@H]1O. The van der Waals surface area contributed by atoms with Gasteiger partial charge in [0.25, 0.3) is 5.85 Å². The van der Waals surface area contributed by atoms with Gasteiger partial charge in [0, 0.05) is 11.8 Å². The van der Waals surface area contributed by atoms with E-state index in [9.17, 15) is 19.6 Å². The normalized spacial score (nSPS) is 31.9. The topological polar surface area (TPSA) is 132 Å². The second-order valence-electron chi connectivity index (χ2n) is 9.63. The number of ether oxygens (including phenoxy) is 1. The molecule has 1 aromatic heterocycles. The largest absolute Gasteiger partial charge is 0.530 e. The van der Waals surface area contributed by atoms with Crippen LogP contribution in [0.2, 0.25) is 0 Å². The Balaban J connectivity index is 1.61. The summed E-state index contributed by atoms with van der Waals surface area (Å²) >= 11 is 4.96. The number of aliphatic hydroxyl groups excluding tert-OH is 2. The van der Waals surface area contributed by atoms with Gasteiger partial charge < -0.3 is 19.5 Å². The molecular weight excluding hydrogens is 533 g/mol. The highest BCUT2D eigenvalue weighted by atomic mass is 32.1. The Kier molecular flexibility index (Phi) is 7.16. The Morgan fingerprint density at radius 3 is 2.62 bits per heavy atom. The summed E-state index contributed by atoms with van der Waals surface area (Å²) in [5.74, 6) is -4.26. The zero-order valence-electron chi connectivity index (χ0n) is 21.8. The Morgan fingerprint density at radius 1 is 1.35 bits per heavy atom. The fourth-order valence-electron chi connectivity index (χ4n) is 4.05. The van der Waals surface area contributed by atoms with Crippen molar-refractivity contribution in [3.05, 3.63) is 55.5 Å². The Labute approximate surface area is 218 Å². The Bertz CT molecular complexity index is 1440. The fourth-order valence-corrected chi connectivity index (χ4v) is 5.43. The molecule has 0 radical (unpaired) electrons. The summed E-state index contributed by atoms with van der Waals surface area (Å²) in [5.41, 5.74) is 0.319. The molecule has 3 N–H and O–H groups in total. The van der Waals surface area contributed by atoms with Crippen molar-refractivity contribution in [3.8, 4) is 5.75 Å². The maximum atomic E-state index is 15.8. The van der Waals surface area contributed by atoms with E-state index in [0.29, 0.717) is 21.3 Å². The van der Waals surface area contributed by atoms with Gasteiger partial charge in [-0.2, -0.15) is 0 Å². The number of phosphoric acid groups is 1. The van der Waals surface area contributed by atoms with Gasteiger partial charge in [-0.3, -0.25) is 18.6 Å². The minimum absolute atomic E-state index is 0.0406. The smallest absolute Gasteiger partial charge is 0.403 e. The molecule has 1 saturated heterocycles. The van der Waals surface area contributed by atoms with E-state index >= 15 is 8.78 Å². The van der Waals surface area contributed by atoms with Crippen LogP contribution in [0.25, 0.3) is 0 Å². The van der Waals surface area contributed by atoms with Gasteiger partial charge in [0.1, 0.15) is 35.0 Å². The number of alkyl halides is 1. The first-order valence-corrected chi connectivity index (χ1v) is 13.4. The number of aryl methyl sites for hydroxylation is 1. The van der Waals surface area contributed by atoms with Crippen LogP contribution in [-0.2, 0) is 25.0 Å². The van der Waals surface area contributed by atoms with Crippen molar-refractivity contribution in [2.24, 2.45) is 0 Å². The summed E-state index contributed by atoms with van der Waals surface area (Å²) in [6, 6.07) is 1.61. The predicted octanol–water partition coefficient (Wildman–Crippen LogP) is 4.25. The van der Waals surface area contributed by atoms with E-state index in [1.54, 1.807) is 6.07 Å². The van der Waals surface area contributed by atoms with Crippen LogP contribution in [0.5, 0.6) is 5.75 Å². The van der Waals surface area contributed by atoms with Crippen LogP contribution in [0.15, 0.2) is 17.1 Å². The van der Waals surface area contributed by atoms with Gasteiger partial charge in [0.15, 0.2) is 6.20 Å². The number of rotatable bonds is 6. The molecule has 1 unspecified atom stereocenters. The second kappa shape index (κ2) is 9.96. The number of aromatic amines is 1. The van der Waals surface area contributed by atoms with Crippen molar-refractivity contribution >= 4 is 20.0 Å². The lowest BCUT2D eigenvalue weighted by Crippen LogP contribution is -2.43. The number of fused-ring (bicyclic) bond motifs is 1. The van der Waals surface area contributed by atoms with Crippen LogP contribution in [-0.4, -0.2) is 44.4 Å². The minimum Gasteiger partial charge on any atom is -0.403 e. The minimum atomic E-state index is -4.58. The molecule has 0 amide bonds. The number of aliphatic hydroxyl groups is 2. The second-order valence-corrected chi connectivity index (χ2v) is 11.6. The Hall–Kier alpha value is -1.99. The first kappa shape index (κ1) is 26.6. The van der Waals surface area contributed by atoms with Crippen LogP contribution in [0.3, 0.4) is 0 Å². The molecule has 37 heavy (non-hydrogen) atoms. The molecule has 0 aliphatic carbocycles. The number of phosphoric ester groups is 1. The molecule has 1 aromatic carbocycles. The highest BCUT2D eigenvalue weighted by molar-refractivity contribution is 7.71. The Morgan fingerprint density at radius 2 is 2.00 bits per heavy atom. The first-order chi connectivity index (χ1) is 17.5. The molecule has 4 rings (SSSR count). The molecule has 0 saturated carbocycles. The third-order valence-corrected chi connectivity index (χ3v) is 7.95. The molecule has 2 aromatic rings. The van der Waals surface area contributed by atoms with Crippen LogP contribution in [0, 0.1) is 17.4 Å². The molecule has 0 bridgehead atoms. The van der Waals surface area contributed by atoms with Crippen LogP contribution in [0.1, 0.15) is 69.4 Å². The van der Waals surface area contributed by atoms with E-state index in [-0.39, 0.29) is 27.8 Å². The van der Waals surface area contributed by atoms with Gasteiger partial charge >= 0.3 is 13.5 Å². The number of halogens is 2. The molecule has 14 heteroatoms. The van der Waals surface area contributed by atoms with E-state index in [1.165, 1.54) is 6.92 Å². The van der Waals surface area contributed by atoms with Crippen molar-refractivity contribution in [2.75, 3.05) is 6.61 Å². The van der Waals surface area contributed by atoms with Crippen LogP contribution >= 0.6 is 20.0 Å². The molecule has 0 spiro atoms. The molecule has 2 aliphatic heterocycles. The summed E-state index contributed by atoms with van der Waals surface area (Å²) in [7, 11) is -4.58.